The number of rotatable bonds is 11. The van der Waals surface area contributed by atoms with E-state index in [0.717, 1.165) is 18.4 Å². The van der Waals surface area contributed by atoms with E-state index in [1.165, 1.54) is 6.21 Å². The SMILES string of the molecule is CCCCOc1ccc(C=NNC(=O)C(NC(=O)c2ccccc2Cl)C(C)C)cc1OC. The molecule has 8 heteroatoms. The second-order valence-electron chi connectivity index (χ2n) is 7.52. The Morgan fingerprint density at radius 3 is 2.56 bits per heavy atom. The average Bonchev–Trinajstić information content (AvgIpc) is 2.78. The molecule has 0 aliphatic rings. The largest absolute Gasteiger partial charge is 0.493 e. The second-order valence-corrected chi connectivity index (χ2v) is 7.93. The summed E-state index contributed by atoms with van der Waals surface area (Å²) < 4.78 is 11.1. The third-order valence-corrected chi connectivity index (χ3v) is 5.02. The van der Waals surface area contributed by atoms with Crippen LogP contribution in [-0.4, -0.2) is 37.8 Å². The smallest absolute Gasteiger partial charge is 0.262 e. The minimum atomic E-state index is -0.778. The van der Waals surface area contributed by atoms with E-state index in [9.17, 15) is 9.59 Å². The van der Waals surface area contributed by atoms with Gasteiger partial charge in [0.25, 0.3) is 11.8 Å². The number of benzene rings is 2. The highest BCUT2D eigenvalue weighted by molar-refractivity contribution is 6.33. The number of nitrogens with zero attached hydrogens (tertiary/aromatic N) is 1. The summed E-state index contributed by atoms with van der Waals surface area (Å²) in [6.45, 7) is 6.39. The lowest BCUT2D eigenvalue weighted by Crippen LogP contribution is -2.48. The van der Waals surface area contributed by atoms with Gasteiger partial charge in [-0.15, -0.1) is 0 Å². The molecule has 7 nitrogen and oxygen atoms in total. The first-order valence-corrected chi connectivity index (χ1v) is 10.9. The Hall–Kier alpha value is -3.06. The van der Waals surface area contributed by atoms with Gasteiger partial charge in [-0.3, -0.25) is 9.59 Å². The van der Waals surface area contributed by atoms with Gasteiger partial charge in [0.2, 0.25) is 0 Å². The van der Waals surface area contributed by atoms with Crippen molar-refractivity contribution in [3.63, 3.8) is 0 Å². The first-order valence-electron chi connectivity index (χ1n) is 10.6. The molecular weight excluding hydrogens is 430 g/mol. The highest BCUT2D eigenvalue weighted by atomic mass is 35.5. The van der Waals surface area contributed by atoms with E-state index in [0.29, 0.717) is 28.7 Å². The van der Waals surface area contributed by atoms with Crippen molar-refractivity contribution < 1.29 is 19.1 Å². The van der Waals surface area contributed by atoms with Crippen LogP contribution >= 0.6 is 11.6 Å². The topological polar surface area (TPSA) is 89.0 Å². The molecule has 0 bridgehead atoms. The summed E-state index contributed by atoms with van der Waals surface area (Å²) in [6, 6.07) is 11.3. The molecule has 2 rings (SSSR count). The number of hydrogen-bond acceptors (Lipinski definition) is 5. The molecule has 0 fully saturated rings. The van der Waals surface area contributed by atoms with Gasteiger partial charge < -0.3 is 14.8 Å². The van der Waals surface area contributed by atoms with Crippen molar-refractivity contribution in [1.82, 2.24) is 10.7 Å². The average molecular weight is 460 g/mol. The van der Waals surface area contributed by atoms with E-state index in [1.807, 2.05) is 19.9 Å². The summed E-state index contributed by atoms with van der Waals surface area (Å²) in [7, 11) is 1.57. The Morgan fingerprint density at radius 2 is 1.91 bits per heavy atom. The fourth-order valence-electron chi connectivity index (χ4n) is 2.85. The van der Waals surface area contributed by atoms with Crippen LogP contribution in [0.4, 0.5) is 0 Å². The van der Waals surface area contributed by atoms with Crippen molar-refractivity contribution in [1.29, 1.82) is 0 Å². The summed E-state index contributed by atoms with van der Waals surface area (Å²) in [6.07, 6.45) is 3.51. The van der Waals surface area contributed by atoms with Crippen molar-refractivity contribution in [2.24, 2.45) is 11.0 Å². The molecule has 0 spiro atoms. The Morgan fingerprint density at radius 1 is 1.16 bits per heavy atom. The van der Waals surface area contributed by atoms with Crippen LogP contribution in [0.3, 0.4) is 0 Å². The highest BCUT2D eigenvalue weighted by Crippen LogP contribution is 2.27. The molecule has 0 saturated carbocycles. The number of carbonyl (C=O) groups excluding carboxylic acids is 2. The van der Waals surface area contributed by atoms with Gasteiger partial charge in [0.1, 0.15) is 6.04 Å². The molecule has 2 N–H and O–H groups in total. The number of ether oxygens (including phenoxy) is 2. The van der Waals surface area contributed by atoms with Gasteiger partial charge in [0.05, 0.1) is 30.5 Å². The van der Waals surface area contributed by atoms with Crippen LogP contribution in [0.5, 0.6) is 11.5 Å². The van der Waals surface area contributed by atoms with E-state index >= 15 is 0 Å². The van der Waals surface area contributed by atoms with E-state index in [4.69, 9.17) is 21.1 Å². The molecule has 2 aromatic carbocycles. The van der Waals surface area contributed by atoms with Crippen LogP contribution < -0.4 is 20.2 Å². The number of methoxy groups -OCH3 is 1. The number of amides is 2. The van der Waals surface area contributed by atoms with Crippen molar-refractivity contribution in [2.45, 2.75) is 39.7 Å². The van der Waals surface area contributed by atoms with Crippen molar-refractivity contribution in [3.8, 4) is 11.5 Å². The van der Waals surface area contributed by atoms with E-state index < -0.39 is 17.9 Å². The van der Waals surface area contributed by atoms with Crippen LogP contribution in [0.15, 0.2) is 47.6 Å². The summed E-state index contributed by atoms with van der Waals surface area (Å²) >= 11 is 6.08. The number of hydrazone groups is 1. The lowest BCUT2D eigenvalue weighted by Gasteiger charge is -2.20. The summed E-state index contributed by atoms with van der Waals surface area (Å²) in [5, 5.41) is 7.07. The van der Waals surface area contributed by atoms with Gasteiger partial charge in [-0.2, -0.15) is 5.10 Å². The van der Waals surface area contributed by atoms with Crippen LogP contribution in [0.1, 0.15) is 49.5 Å². The lowest BCUT2D eigenvalue weighted by molar-refractivity contribution is -0.123. The molecule has 0 heterocycles. The third-order valence-electron chi connectivity index (χ3n) is 4.69. The number of halogens is 1. The summed E-state index contributed by atoms with van der Waals surface area (Å²) in [4.78, 5) is 25.2. The predicted molar refractivity (Wildman–Crippen MR) is 127 cm³/mol. The Balaban J connectivity index is 2.02. The number of hydrogen-bond donors (Lipinski definition) is 2. The second kappa shape index (κ2) is 12.7. The zero-order chi connectivity index (χ0) is 23.5. The van der Waals surface area contributed by atoms with E-state index in [2.05, 4.69) is 22.8 Å². The highest BCUT2D eigenvalue weighted by Gasteiger charge is 2.25. The number of unbranched alkanes of at least 4 members (excludes halogenated alkanes) is 1. The molecule has 0 radical (unpaired) electrons. The minimum absolute atomic E-state index is 0.156. The number of nitrogens with one attached hydrogen (secondary N) is 2. The fourth-order valence-corrected chi connectivity index (χ4v) is 3.07. The molecule has 0 saturated heterocycles. The lowest BCUT2D eigenvalue weighted by atomic mass is 10.0. The molecule has 1 unspecified atom stereocenters. The maximum atomic E-state index is 12.6. The predicted octanol–water partition coefficient (Wildman–Crippen LogP) is 4.43. The molecular formula is C24H30ClN3O4. The summed E-state index contributed by atoms with van der Waals surface area (Å²) in [5.41, 5.74) is 3.53. The normalized spacial score (nSPS) is 11.9. The first-order chi connectivity index (χ1) is 15.4. The first kappa shape index (κ1) is 25.2. The van der Waals surface area contributed by atoms with Crippen molar-refractivity contribution in [3.05, 3.63) is 58.6 Å². The third kappa shape index (κ3) is 7.27. The molecule has 2 amide bonds. The van der Waals surface area contributed by atoms with Gasteiger partial charge in [0, 0.05) is 0 Å². The van der Waals surface area contributed by atoms with Gasteiger partial charge >= 0.3 is 0 Å². The van der Waals surface area contributed by atoms with Crippen LogP contribution in [-0.2, 0) is 4.79 Å². The molecule has 172 valence electrons. The zero-order valence-electron chi connectivity index (χ0n) is 18.9. The van der Waals surface area contributed by atoms with Crippen LogP contribution in [0, 0.1) is 5.92 Å². The van der Waals surface area contributed by atoms with Crippen molar-refractivity contribution in [2.75, 3.05) is 13.7 Å². The molecule has 0 aromatic heterocycles. The molecule has 1 atom stereocenters. The molecule has 32 heavy (non-hydrogen) atoms. The van der Waals surface area contributed by atoms with E-state index in [-0.39, 0.29) is 5.92 Å². The zero-order valence-corrected chi connectivity index (χ0v) is 19.6. The monoisotopic (exact) mass is 459 g/mol. The van der Waals surface area contributed by atoms with E-state index in [1.54, 1.807) is 43.5 Å². The van der Waals surface area contributed by atoms with Crippen molar-refractivity contribution >= 4 is 29.6 Å². The standard InChI is InChI=1S/C24H30ClN3O4/c1-5-6-13-32-20-12-11-17(14-21(20)31-4)15-26-28-24(30)22(16(2)3)27-23(29)18-9-7-8-10-19(18)25/h7-12,14-16,22H,5-6,13H2,1-4H3,(H,27,29)(H,28,30). The van der Waals surface area contributed by atoms with Crippen LogP contribution in [0.25, 0.3) is 0 Å². The molecule has 0 aliphatic carbocycles. The summed E-state index contributed by atoms with van der Waals surface area (Å²) in [5.74, 6) is 0.240. The molecule has 0 aliphatic heterocycles. The molecule has 2 aromatic rings. The van der Waals surface area contributed by atoms with Gasteiger partial charge in [0.15, 0.2) is 11.5 Å². The Kier molecular flexibility index (Phi) is 10.0. The number of carbonyl (C=O) groups is 2. The minimum Gasteiger partial charge on any atom is -0.493 e. The quantitative estimate of drug-likeness (QED) is 0.295. The van der Waals surface area contributed by atoms with Gasteiger partial charge in [-0.25, -0.2) is 5.43 Å². The van der Waals surface area contributed by atoms with Gasteiger partial charge in [-0.05, 0) is 48.2 Å². The maximum absolute atomic E-state index is 12.6. The Labute approximate surface area is 194 Å². The van der Waals surface area contributed by atoms with Gasteiger partial charge in [-0.1, -0.05) is 50.9 Å². The van der Waals surface area contributed by atoms with Crippen LogP contribution in [0.2, 0.25) is 5.02 Å². The Bertz CT molecular complexity index is 947. The fraction of sp³-hybridized carbons (Fsp3) is 0.375. The maximum Gasteiger partial charge on any atom is 0.262 e.